The second kappa shape index (κ2) is 15.2. The molecule has 0 bridgehead atoms. The Morgan fingerprint density at radius 2 is 1.35 bits per heavy atom. The molecule has 8 nitrogen and oxygen atoms in total. The van der Waals surface area contributed by atoms with Gasteiger partial charge in [-0.1, -0.05) is 91.0 Å². The summed E-state index contributed by atoms with van der Waals surface area (Å²) in [5.74, 6) is 1.56. The van der Waals surface area contributed by atoms with E-state index in [1.165, 1.54) is 16.7 Å². The standard InChI is InChI=1S/C37H33N3O5S/c41-36-33(46-37(42)40(36)23-30-24-44-34(38-30)21-17-27-9-3-1-4-10-27)14-8-7-13-29-15-19-32(20-16-29)43-25-31-26-45-35(39-31)22-18-28-11-5-2-6-12-28/h1-6,9-12,15-22,24,26,33H,7-8,13-14,23,25H2. The summed E-state index contributed by atoms with van der Waals surface area (Å²) in [5.41, 5.74) is 4.56. The van der Waals surface area contributed by atoms with Crippen molar-refractivity contribution in [1.29, 1.82) is 0 Å². The summed E-state index contributed by atoms with van der Waals surface area (Å²) >= 11 is 1.10. The highest BCUT2D eigenvalue weighted by molar-refractivity contribution is 8.15. The van der Waals surface area contributed by atoms with Gasteiger partial charge in [0.05, 0.1) is 17.5 Å². The number of carbonyl (C=O) groups excluding carboxylic acids is 2. The third-order valence-corrected chi connectivity index (χ3v) is 8.54. The Labute approximate surface area is 271 Å². The predicted octanol–water partition coefficient (Wildman–Crippen LogP) is 8.56. The normalized spacial score (nSPS) is 15.0. The van der Waals surface area contributed by atoms with Gasteiger partial charge in [-0.2, -0.15) is 0 Å². The zero-order valence-corrected chi connectivity index (χ0v) is 26.0. The van der Waals surface area contributed by atoms with Gasteiger partial charge in [-0.25, -0.2) is 9.97 Å². The lowest BCUT2D eigenvalue weighted by molar-refractivity contribution is -0.127. The molecule has 2 aromatic heterocycles. The van der Waals surface area contributed by atoms with E-state index in [0.29, 0.717) is 30.5 Å². The number of aromatic nitrogens is 2. The number of nitrogens with zero attached hydrogens (tertiary/aromatic N) is 3. The summed E-state index contributed by atoms with van der Waals surface area (Å²) in [5, 5.41) is -0.598. The van der Waals surface area contributed by atoms with Gasteiger partial charge in [-0.15, -0.1) is 0 Å². The number of benzene rings is 3. The SMILES string of the molecule is O=C1SC(CCCCc2ccc(OCc3coc(C=Cc4ccccc4)n3)cc2)C(=O)N1Cc1coc(C=Cc2ccccc2)n1. The number of thioether (sulfide) groups is 1. The summed E-state index contributed by atoms with van der Waals surface area (Å²) in [7, 11) is 0. The Morgan fingerprint density at radius 1 is 0.739 bits per heavy atom. The first-order chi connectivity index (χ1) is 22.6. The largest absolute Gasteiger partial charge is 0.487 e. The summed E-state index contributed by atoms with van der Waals surface area (Å²) in [6.07, 6.45) is 13.8. The van der Waals surface area contributed by atoms with Crippen LogP contribution < -0.4 is 4.74 Å². The van der Waals surface area contributed by atoms with Crippen molar-refractivity contribution in [3.8, 4) is 5.75 Å². The van der Waals surface area contributed by atoms with Crippen molar-refractivity contribution in [3.63, 3.8) is 0 Å². The molecule has 2 amide bonds. The van der Waals surface area contributed by atoms with Crippen LogP contribution in [0, 0.1) is 0 Å². The van der Waals surface area contributed by atoms with Crippen LogP contribution in [0.4, 0.5) is 4.79 Å². The van der Waals surface area contributed by atoms with E-state index in [1.807, 2.05) is 103 Å². The minimum atomic E-state index is -0.363. The summed E-state index contributed by atoms with van der Waals surface area (Å²) in [6.45, 7) is 0.426. The summed E-state index contributed by atoms with van der Waals surface area (Å²) in [6, 6.07) is 27.8. The molecule has 1 saturated heterocycles. The Morgan fingerprint density at radius 3 is 2.00 bits per heavy atom. The van der Waals surface area contributed by atoms with Crippen molar-refractivity contribution in [2.24, 2.45) is 0 Å². The van der Waals surface area contributed by atoms with Gasteiger partial charge in [0, 0.05) is 12.2 Å². The van der Waals surface area contributed by atoms with Gasteiger partial charge in [0.1, 0.15) is 30.6 Å². The van der Waals surface area contributed by atoms with Gasteiger partial charge in [0.25, 0.3) is 5.24 Å². The van der Waals surface area contributed by atoms with Crippen molar-refractivity contribution < 1.29 is 23.2 Å². The molecule has 1 fully saturated rings. The van der Waals surface area contributed by atoms with E-state index in [4.69, 9.17) is 13.6 Å². The van der Waals surface area contributed by atoms with Crippen molar-refractivity contribution >= 4 is 47.2 Å². The maximum atomic E-state index is 13.0. The van der Waals surface area contributed by atoms with Gasteiger partial charge in [-0.05, 0) is 60.2 Å². The Hall–Kier alpha value is -5.15. The van der Waals surface area contributed by atoms with Crippen LogP contribution in [0.15, 0.2) is 106 Å². The molecular formula is C37H33N3O5S. The molecule has 9 heteroatoms. The third kappa shape index (κ3) is 8.51. The summed E-state index contributed by atoms with van der Waals surface area (Å²) in [4.78, 5) is 35.7. The van der Waals surface area contributed by atoms with Gasteiger partial charge < -0.3 is 13.6 Å². The molecule has 5 aromatic rings. The fourth-order valence-electron chi connectivity index (χ4n) is 4.96. The quantitative estimate of drug-likeness (QED) is 0.112. The number of rotatable bonds is 14. The van der Waals surface area contributed by atoms with Crippen LogP contribution in [0.1, 0.15) is 59.1 Å². The molecule has 46 heavy (non-hydrogen) atoms. The minimum absolute atomic E-state index is 0.112. The molecule has 0 N–H and O–H groups in total. The molecule has 1 unspecified atom stereocenters. The molecule has 0 spiro atoms. The molecule has 1 aliphatic rings. The first-order valence-corrected chi connectivity index (χ1v) is 16.1. The number of imide groups is 1. The molecule has 0 aliphatic carbocycles. The number of aryl methyl sites for hydroxylation is 1. The van der Waals surface area contributed by atoms with Gasteiger partial charge in [0.2, 0.25) is 17.7 Å². The Bertz CT molecular complexity index is 1800. The van der Waals surface area contributed by atoms with Crippen molar-refractivity contribution in [2.45, 2.75) is 44.1 Å². The number of carbonyl (C=O) groups is 2. The van der Waals surface area contributed by atoms with E-state index in [0.717, 1.165) is 53.6 Å². The molecule has 1 aliphatic heterocycles. The molecule has 0 radical (unpaired) electrons. The van der Waals surface area contributed by atoms with Gasteiger partial charge in [0.15, 0.2) is 0 Å². The third-order valence-electron chi connectivity index (χ3n) is 7.39. The maximum absolute atomic E-state index is 13.0. The highest BCUT2D eigenvalue weighted by Crippen LogP contribution is 2.32. The number of hydrogen-bond donors (Lipinski definition) is 0. The molecule has 3 aromatic carbocycles. The molecular weight excluding hydrogens is 598 g/mol. The lowest BCUT2D eigenvalue weighted by atomic mass is 10.1. The van der Waals surface area contributed by atoms with E-state index in [9.17, 15) is 9.59 Å². The van der Waals surface area contributed by atoms with Crippen LogP contribution >= 0.6 is 11.8 Å². The predicted molar refractivity (Wildman–Crippen MR) is 179 cm³/mol. The number of hydrogen-bond acceptors (Lipinski definition) is 8. The second-order valence-corrected chi connectivity index (χ2v) is 12.0. The highest BCUT2D eigenvalue weighted by atomic mass is 32.2. The highest BCUT2D eigenvalue weighted by Gasteiger charge is 2.39. The van der Waals surface area contributed by atoms with E-state index in [-0.39, 0.29) is 22.9 Å². The van der Waals surface area contributed by atoms with E-state index in [2.05, 4.69) is 9.97 Å². The number of oxazole rings is 2. The van der Waals surface area contributed by atoms with Crippen molar-refractivity contribution in [1.82, 2.24) is 14.9 Å². The monoisotopic (exact) mass is 631 g/mol. The summed E-state index contributed by atoms with van der Waals surface area (Å²) < 4.78 is 16.9. The number of unbranched alkanes of at least 4 members (excludes halogenated alkanes) is 1. The molecule has 6 rings (SSSR count). The minimum Gasteiger partial charge on any atom is -0.487 e. The fraction of sp³-hybridized carbons (Fsp3) is 0.189. The van der Waals surface area contributed by atoms with E-state index >= 15 is 0 Å². The van der Waals surface area contributed by atoms with Crippen molar-refractivity contribution in [3.05, 3.63) is 137 Å². The van der Waals surface area contributed by atoms with Crippen LogP contribution in [0.3, 0.4) is 0 Å². The fourth-order valence-corrected chi connectivity index (χ4v) is 5.99. The second-order valence-electron chi connectivity index (χ2n) is 10.8. The van der Waals surface area contributed by atoms with E-state index < -0.39 is 0 Å². The smallest absolute Gasteiger partial charge is 0.289 e. The van der Waals surface area contributed by atoms with E-state index in [1.54, 1.807) is 12.3 Å². The topological polar surface area (TPSA) is 98.7 Å². The van der Waals surface area contributed by atoms with Crippen LogP contribution in [0.2, 0.25) is 0 Å². The Kier molecular flexibility index (Phi) is 10.2. The zero-order chi connectivity index (χ0) is 31.6. The van der Waals surface area contributed by atoms with Crippen molar-refractivity contribution in [2.75, 3.05) is 0 Å². The number of amides is 2. The van der Waals surface area contributed by atoms with Gasteiger partial charge in [-0.3, -0.25) is 14.5 Å². The first kappa shape index (κ1) is 30.9. The average Bonchev–Trinajstić information content (AvgIpc) is 3.82. The Balaban J connectivity index is 0.900. The van der Waals surface area contributed by atoms with Crippen LogP contribution in [-0.2, 0) is 24.4 Å². The lowest BCUT2D eigenvalue weighted by Gasteiger charge is -2.12. The lowest BCUT2D eigenvalue weighted by Crippen LogP contribution is -2.31. The molecule has 1 atom stereocenters. The first-order valence-electron chi connectivity index (χ1n) is 15.2. The molecule has 0 saturated carbocycles. The van der Waals surface area contributed by atoms with Crippen LogP contribution in [0.5, 0.6) is 5.75 Å². The molecule has 232 valence electrons. The van der Waals surface area contributed by atoms with Crippen LogP contribution in [0.25, 0.3) is 24.3 Å². The van der Waals surface area contributed by atoms with Crippen LogP contribution in [-0.4, -0.2) is 31.3 Å². The molecule has 3 heterocycles. The van der Waals surface area contributed by atoms with Gasteiger partial charge >= 0.3 is 0 Å². The average molecular weight is 632 g/mol. The number of ether oxygens (including phenoxy) is 1. The zero-order valence-electron chi connectivity index (χ0n) is 25.2. The maximum Gasteiger partial charge on any atom is 0.289 e.